The predicted octanol–water partition coefficient (Wildman–Crippen LogP) is 3.65. The molecule has 1 amide bonds. The minimum Gasteiger partial charge on any atom is -0.345 e. The number of carbonyl (C=O) groups excluding carboxylic acids is 1. The second-order valence-electron chi connectivity index (χ2n) is 7.46. The molecule has 0 unspecified atom stereocenters. The van der Waals surface area contributed by atoms with Crippen LogP contribution in [0.2, 0.25) is 5.02 Å². The minimum absolute atomic E-state index is 0.108. The molecule has 0 N–H and O–H groups in total. The Labute approximate surface area is 192 Å². The van der Waals surface area contributed by atoms with Crippen molar-refractivity contribution in [3.05, 3.63) is 83.6 Å². The molecule has 4 rings (SSSR count). The highest BCUT2D eigenvalue weighted by Crippen LogP contribution is 2.24. The fraction of sp³-hybridized carbons (Fsp3) is 0.217. The van der Waals surface area contributed by atoms with Gasteiger partial charge < -0.3 is 9.80 Å². The van der Waals surface area contributed by atoms with Crippen molar-refractivity contribution >= 4 is 38.9 Å². The Hall–Kier alpha value is -2.94. The smallest absolute Gasteiger partial charge is 0.253 e. The second-order valence-corrected chi connectivity index (χ2v) is 9.84. The van der Waals surface area contributed by atoms with Gasteiger partial charge in [0, 0.05) is 67.6 Å². The Morgan fingerprint density at radius 3 is 2.19 bits per heavy atom. The average Bonchev–Trinajstić information content (AvgIpc) is 2.84. The highest BCUT2D eigenvalue weighted by molar-refractivity contribution is 7.89. The van der Waals surface area contributed by atoms with Crippen LogP contribution in [0.15, 0.2) is 78.0 Å². The van der Waals surface area contributed by atoms with E-state index in [1.54, 1.807) is 41.6 Å². The van der Waals surface area contributed by atoms with Gasteiger partial charge >= 0.3 is 0 Å². The first-order chi connectivity index (χ1) is 15.4. The van der Waals surface area contributed by atoms with Crippen molar-refractivity contribution in [2.75, 3.05) is 38.1 Å². The van der Waals surface area contributed by atoms with Gasteiger partial charge in [-0.25, -0.2) is 8.42 Å². The Bertz CT molecular complexity index is 1200. The van der Waals surface area contributed by atoms with Crippen LogP contribution < -0.4 is 4.90 Å². The lowest BCUT2D eigenvalue weighted by atomic mass is 10.1. The fourth-order valence-electron chi connectivity index (χ4n) is 3.63. The van der Waals surface area contributed by atoms with Crippen LogP contribution in [0.1, 0.15) is 10.4 Å². The summed E-state index contributed by atoms with van der Waals surface area (Å²) in [5, 5.41) is 0.373. The number of hydrogen-bond acceptors (Lipinski definition) is 5. The number of aromatic nitrogens is 1. The van der Waals surface area contributed by atoms with Gasteiger partial charge in [-0.3, -0.25) is 9.78 Å². The predicted molar refractivity (Wildman–Crippen MR) is 125 cm³/mol. The first-order valence-electron chi connectivity index (χ1n) is 10.1. The molecule has 1 aliphatic rings. The summed E-state index contributed by atoms with van der Waals surface area (Å²) in [5.41, 5.74) is 2.52. The number of piperazine rings is 1. The molecule has 1 aliphatic heterocycles. The van der Waals surface area contributed by atoms with E-state index in [2.05, 4.69) is 4.98 Å². The van der Waals surface area contributed by atoms with E-state index in [0.717, 1.165) is 11.4 Å². The molecular weight excluding hydrogens is 448 g/mol. The van der Waals surface area contributed by atoms with Crippen LogP contribution in [0.25, 0.3) is 0 Å². The monoisotopic (exact) mass is 470 g/mol. The molecule has 1 fully saturated rings. The van der Waals surface area contributed by atoms with E-state index in [4.69, 9.17) is 11.6 Å². The van der Waals surface area contributed by atoms with Crippen molar-refractivity contribution in [2.24, 2.45) is 0 Å². The first kappa shape index (κ1) is 22.3. The van der Waals surface area contributed by atoms with Gasteiger partial charge in [0.15, 0.2) is 0 Å². The molecule has 1 aromatic heterocycles. The number of halogens is 1. The Balaban J connectivity index is 1.40. The lowest BCUT2D eigenvalue weighted by Gasteiger charge is -2.34. The number of carbonyl (C=O) groups is 1. The van der Waals surface area contributed by atoms with Gasteiger partial charge in [-0.15, -0.1) is 0 Å². The highest BCUT2D eigenvalue weighted by atomic mass is 35.5. The van der Waals surface area contributed by atoms with Gasteiger partial charge in [-0.1, -0.05) is 17.7 Å². The SMILES string of the molecule is CN(c1ccncc1)c1ccc(C(=O)N2CCN(S(=O)(=O)c3cccc(Cl)c3)CC2)cc1. The van der Waals surface area contributed by atoms with Crippen LogP contribution in [0.3, 0.4) is 0 Å². The van der Waals surface area contributed by atoms with E-state index in [1.165, 1.54) is 16.4 Å². The molecule has 3 aromatic rings. The van der Waals surface area contributed by atoms with E-state index < -0.39 is 10.0 Å². The number of amides is 1. The third-order valence-corrected chi connectivity index (χ3v) is 7.64. The van der Waals surface area contributed by atoms with Crippen molar-refractivity contribution in [2.45, 2.75) is 4.90 Å². The molecule has 0 saturated carbocycles. The van der Waals surface area contributed by atoms with Crippen molar-refractivity contribution < 1.29 is 13.2 Å². The summed E-state index contributed by atoms with van der Waals surface area (Å²) < 4.78 is 27.1. The van der Waals surface area contributed by atoms with Crippen LogP contribution in [0, 0.1) is 0 Å². The zero-order chi connectivity index (χ0) is 22.7. The zero-order valence-electron chi connectivity index (χ0n) is 17.6. The lowest BCUT2D eigenvalue weighted by Crippen LogP contribution is -2.50. The van der Waals surface area contributed by atoms with Gasteiger partial charge in [0.05, 0.1) is 4.90 Å². The van der Waals surface area contributed by atoms with Crippen molar-refractivity contribution in [3.63, 3.8) is 0 Å². The van der Waals surface area contributed by atoms with Gasteiger partial charge in [-0.2, -0.15) is 4.31 Å². The maximum atomic E-state index is 12.9. The highest BCUT2D eigenvalue weighted by Gasteiger charge is 2.30. The van der Waals surface area contributed by atoms with Crippen LogP contribution in [0.4, 0.5) is 11.4 Å². The second kappa shape index (κ2) is 9.28. The molecule has 2 aromatic carbocycles. The number of benzene rings is 2. The maximum Gasteiger partial charge on any atom is 0.253 e. The standard InChI is InChI=1S/C23H23ClN4O3S/c1-26(21-9-11-25-12-10-21)20-7-5-18(6-8-20)23(29)27-13-15-28(16-14-27)32(30,31)22-4-2-3-19(24)17-22/h2-12,17H,13-16H2,1H3. The molecule has 2 heterocycles. The van der Waals surface area contributed by atoms with Crippen molar-refractivity contribution in [1.82, 2.24) is 14.2 Å². The molecule has 0 bridgehead atoms. The van der Waals surface area contributed by atoms with E-state index in [9.17, 15) is 13.2 Å². The third kappa shape index (κ3) is 4.62. The summed E-state index contributed by atoms with van der Waals surface area (Å²) >= 11 is 5.95. The average molecular weight is 471 g/mol. The largest absolute Gasteiger partial charge is 0.345 e. The van der Waals surface area contributed by atoms with Crippen molar-refractivity contribution in [1.29, 1.82) is 0 Å². The Morgan fingerprint density at radius 2 is 1.56 bits per heavy atom. The topological polar surface area (TPSA) is 73.8 Å². The number of sulfonamides is 1. The van der Waals surface area contributed by atoms with E-state index in [1.807, 2.05) is 36.2 Å². The van der Waals surface area contributed by atoms with Crippen LogP contribution in [-0.2, 0) is 10.0 Å². The van der Waals surface area contributed by atoms with E-state index in [0.29, 0.717) is 23.7 Å². The quantitative estimate of drug-likeness (QED) is 0.569. The number of nitrogens with zero attached hydrogens (tertiary/aromatic N) is 4. The Kier molecular flexibility index (Phi) is 6.45. The van der Waals surface area contributed by atoms with Crippen molar-refractivity contribution in [3.8, 4) is 0 Å². The maximum absolute atomic E-state index is 12.9. The van der Waals surface area contributed by atoms with Crippen LogP contribution in [0.5, 0.6) is 0 Å². The molecule has 32 heavy (non-hydrogen) atoms. The molecule has 0 aliphatic carbocycles. The molecule has 0 spiro atoms. The fourth-order valence-corrected chi connectivity index (χ4v) is 5.36. The number of anilines is 2. The van der Waals surface area contributed by atoms with Crippen LogP contribution in [-0.4, -0.2) is 61.7 Å². The molecule has 0 radical (unpaired) electrons. The number of rotatable bonds is 5. The van der Waals surface area contributed by atoms with Gasteiger partial charge in [0.2, 0.25) is 10.0 Å². The number of pyridine rings is 1. The summed E-state index contributed by atoms with van der Waals surface area (Å²) in [7, 11) is -1.69. The molecule has 0 atom stereocenters. The van der Waals surface area contributed by atoms with E-state index in [-0.39, 0.29) is 23.9 Å². The summed E-state index contributed by atoms with van der Waals surface area (Å²) in [6.07, 6.45) is 3.46. The molecule has 166 valence electrons. The van der Waals surface area contributed by atoms with Gasteiger partial charge in [-0.05, 0) is 54.6 Å². The van der Waals surface area contributed by atoms with Gasteiger partial charge in [0.1, 0.15) is 0 Å². The lowest BCUT2D eigenvalue weighted by molar-refractivity contribution is 0.0698. The summed E-state index contributed by atoms with van der Waals surface area (Å²) in [6, 6.07) is 17.4. The summed E-state index contributed by atoms with van der Waals surface area (Å²) in [4.78, 5) is 20.8. The van der Waals surface area contributed by atoms with E-state index >= 15 is 0 Å². The molecule has 7 nitrogen and oxygen atoms in total. The van der Waals surface area contributed by atoms with Gasteiger partial charge in [0.25, 0.3) is 5.91 Å². The molecular formula is C23H23ClN4O3S. The zero-order valence-corrected chi connectivity index (χ0v) is 19.1. The molecule has 1 saturated heterocycles. The Morgan fingerprint density at radius 1 is 0.938 bits per heavy atom. The van der Waals surface area contributed by atoms with Crippen LogP contribution >= 0.6 is 11.6 Å². The number of hydrogen-bond donors (Lipinski definition) is 0. The summed E-state index contributed by atoms with van der Waals surface area (Å²) in [6.45, 7) is 1.14. The first-order valence-corrected chi connectivity index (χ1v) is 12.0. The normalized spacial score (nSPS) is 14.9. The summed E-state index contributed by atoms with van der Waals surface area (Å²) in [5.74, 6) is -0.108. The third-order valence-electron chi connectivity index (χ3n) is 5.51. The molecule has 9 heteroatoms. The minimum atomic E-state index is -3.64.